The first-order valence-electron chi connectivity index (χ1n) is 11.9. The molecule has 1 aliphatic carbocycles. The predicted octanol–water partition coefficient (Wildman–Crippen LogP) is 5.05. The van der Waals surface area contributed by atoms with Crippen molar-refractivity contribution in [1.82, 2.24) is 9.88 Å². The molecule has 0 spiro atoms. The predicted molar refractivity (Wildman–Crippen MR) is 131 cm³/mol. The van der Waals surface area contributed by atoms with E-state index in [0.29, 0.717) is 12.3 Å². The van der Waals surface area contributed by atoms with Gasteiger partial charge in [0.1, 0.15) is 0 Å². The molecule has 0 unspecified atom stereocenters. The lowest BCUT2D eigenvalue weighted by Crippen LogP contribution is -2.42. The van der Waals surface area contributed by atoms with E-state index in [9.17, 15) is 0 Å². The van der Waals surface area contributed by atoms with E-state index in [0.717, 1.165) is 38.2 Å². The van der Waals surface area contributed by atoms with Gasteiger partial charge in [-0.05, 0) is 73.2 Å². The van der Waals surface area contributed by atoms with Crippen LogP contribution in [0.5, 0.6) is 0 Å². The number of likely N-dealkylation sites (tertiary alicyclic amines) is 1. The summed E-state index contributed by atoms with van der Waals surface area (Å²) in [6.45, 7) is 12.7. The van der Waals surface area contributed by atoms with Gasteiger partial charge >= 0.3 is 0 Å². The van der Waals surface area contributed by atoms with Crippen molar-refractivity contribution in [2.24, 2.45) is 5.73 Å². The minimum absolute atomic E-state index is 0.0752. The molecule has 1 fully saturated rings. The molecule has 1 aromatic heterocycles. The Morgan fingerprint density at radius 3 is 2.48 bits per heavy atom. The summed E-state index contributed by atoms with van der Waals surface area (Å²) in [5.41, 5.74) is 12.0. The lowest BCUT2D eigenvalue weighted by Gasteiger charge is -2.42. The quantitative estimate of drug-likeness (QED) is 0.659. The van der Waals surface area contributed by atoms with Crippen molar-refractivity contribution in [1.29, 1.82) is 0 Å². The Hall–Kier alpha value is -1.27. The Morgan fingerprint density at radius 2 is 1.81 bits per heavy atom. The zero-order valence-electron chi connectivity index (χ0n) is 19.7. The zero-order valence-corrected chi connectivity index (χ0v) is 20.5. The molecule has 2 aliphatic rings. The standard InChI is InChI=1S/C26H39N3OS/c1-25(2)10-11-26(3,4)22-15-19(5-6-21(22)25)23-17-31-24(28-23)18-7-12-29(13-8-18)16-20(27)9-14-30/h5-6,15,17-18,20,30H,7-14,16,27H2,1-4H3/t20-/m0/s1. The maximum atomic E-state index is 9.07. The number of aliphatic hydroxyl groups excluding tert-OH is 1. The molecule has 2 aromatic rings. The molecule has 0 saturated carbocycles. The first-order chi connectivity index (χ1) is 14.7. The van der Waals surface area contributed by atoms with Gasteiger partial charge in [0.2, 0.25) is 0 Å². The molecule has 1 aliphatic heterocycles. The molecule has 1 saturated heterocycles. The smallest absolute Gasteiger partial charge is 0.0964 e. The van der Waals surface area contributed by atoms with Crippen molar-refractivity contribution in [2.75, 3.05) is 26.2 Å². The summed E-state index contributed by atoms with van der Waals surface area (Å²) in [5.74, 6) is 0.553. The minimum Gasteiger partial charge on any atom is -0.396 e. The topological polar surface area (TPSA) is 62.4 Å². The van der Waals surface area contributed by atoms with Gasteiger partial charge in [0.05, 0.1) is 10.7 Å². The van der Waals surface area contributed by atoms with Crippen LogP contribution in [0.2, 0.25) is 0 Å². The normalized spacial score (nSPS) is 22.3. The van der Waals surface area contributed by atoms with Crippen molar-refractivity contribution < 1.29 is 5.11 Å². The molecule has 0 bridgehead atoms. The number of nitrogens with zero attached hydrogens (tertiary/aromatic N) is 2. The highest BCUT2D eigenvalue weighted by molar-refractivity contribution is 7.10. The molecule has 3 N–H and O–H groups in total. The summed E-state index contributed by atoms with van der Waals surface area (Å²) in [6.07, 6.45) is 5.45. The van der Waals surface area contributed by atoms with Crippen molar-refractivity contribution >= 4 is 11.3 Å². The van der Waals surface area contributed by atoms with E-state index < -0.39 is 0 Å². The largest absolute Gasteiger partial charge is 0.396 e. The first kappa shape index (κ1) is 22.9. The highest BCUT2D eigenvalue weighted by Crippen LogP contribution is 2.47. The Bertz CT molecular complexity index is 896. The number of aliphatic hydroxyl groups is 1. The number of hydrogen-bond donors (Lipinski definition) is 2. The van der Waals surface area contributed by atoms with Gasteiger partial charge in [-0.25, -0.2) is 4.98 Å². The Kier molecular flexibility index (Phi) is 6.60. The summed E-state index contributed by atoms with van der Waals surface area (Å²) in [7, 11) is 0. The second kappa shape index (κ2) is 8.93. The molecule has 0 radical (unpaired) electrons. The first-order valence-corrected chi connectivity index (χ1v) is 12.8. The molecule has 4 nitrogen and oxygen atoms in total. The molecule has 1 atom stereocenters. The molecule has 2 heterocycles. The summed E-state index contributed by atoms with van der Waals surface area (Å²) >= 11 is 1.82. The van der Waals surface area contributed by atoms with Gasteiger partial charge in [-0.1, -0.05) is 39.8 Å². The van der Waals surface area contributed by atoms with E-state index in [2.05, 4.69) is 56.2 Å². The van der Waals surface area contributed by atoms with Crippen LogP contribution in [0.3, 0.4) is 0 Å². The molecule has 31 heavy (non-hydrogen) atoms. The summed E-state index contributed by atoms with van der Waals surface area (Å²) < 4.78 is 0. The highest BCUT2D eigenvalue weighted by Gasteiger charge is 2.37. The van der Waals surface area contributed by atoms with Gasteiger partial charge < -0.3 is 15.7 Å². The third kappa shape index (κ3) is 4.90. The number of fused-ring (bicyclic) bond motifs is 1. The van der Waals surface area contributed by atoms with Crippen LogP contribution in [0.1, 0.15) is 81.9 Å². The highest BCUT2D eigenvalue weighted by atomic mass is 32.1. The molecule has 5 heteroatoms. The molecular weight excluding hydrogens is 402 g/mol. The van der Waals surface area contributed by atoms with Gasteiger partial charge in [-0.2, -0.15) is 0 Å². The molecule has 0 amide bonds. The van der Waals surface area contributed by atoms with Crippen LogP contribution in [0.15, 0.2) is 23.6 Å². The number of benzene rings is 1. The third-order valence-electron chi connectivity index (χ3n) is 7.60. The lowest BCUT2D eigenvalue weighted by molar-refractivity contribution is 0.187. The Labute approximate surface area is 191 Å². The number of aromatic nitrogens is 1. The number of thiazole rings is 1. The van der Waals surface area contributed by atoms with E-state index >= 15 is 0 Å². The molecule has 170 valence electrons. The average Bonchev–Trinajstić information content (AvgIpc) is 3.22. The summed E-state index contributed by atoms with van der Waals surface area (Å²) in [5, 5.41) is 12.6. The van der Waals surface area contributed by atoms with Crippen LogP contribution in [-0.4, -0.2) is 47.3 Å². The minimum atomic E-state index is 0.0752. The van der Waals surface area contributed by atoms with Crippen molar-refractivity contribution in [3.63, 3.8) is 0 Å². The van der Waals surface area contributed by atoms with Gasteiger partial charge in [-0.15, -0.1) is 11.3 Å². The zero-order chi connectivity index (χ0) is 22.2. The molecular formula is C26H39N3OS. The van der Waals surface area contributed by atoms with Gasteiger partial charge in [-0.3, -0.25) is 0 Å². The van der Waals surface area contributed by atoms with E-state index in [1.165, 1.54) is 34.5 Å². The van der Waals surface area contributed by atoms with E-state index in [-0.39, 0.29) is 23.5 Å². The number of rotatable bonds is 6. The van der Waals surface area contributed by atoms with E-state index in [1.807, 2.05) is 11.3 Å². The van der Waals surface area contributed by atoms with E-state index in [4.69, 9.17) is 15.8 Å². The molecule has 4 rings (SSSR count). The monoisotopic (exact) mass is 441 g/mol. The SMILES string of the molecule is CC1(C)CCC(C)(C)c2cc(-c3csc(C4CCN(C[C@@H](N)CCO)CC4)n3)ccc21. The van der Waals surface area contributed by atoms with Crippen LogP contribution in [0, 0.1) is 0 Å². The van der Waals surface area contributed by atoms with Crippen molar-refractivity contribution in [3.05, 3.63) is 39.7 Å². The fraction of sp³-hybridized carbons (Fsp3) is 0.654. The van der Waals surface area contributed by atoms with Gasteiger partial charge in [0, 0.05) is 36.1 Å². The number of nitrogens with two attached hydrogens (primary N) is 1. The fourth-order valence-electron chi connectivity index (χ4n) is 5.31. The van der Waals surface area contributed by atoms with Crippen LogP contribution in [0.4, 0.5) is 0 Å². The van der Waals surface area contributed by atoms with Crippen molar-refractivity contribution in [2.45, 2.75) is 82.6 Å². The van der Waals surface area contributed by atoms with Gasteiger partial charge in [0.25, 0.3) is 0 Å². The summed E-state index contributed by atoms with van der Waals surface area (Å²) in [4.78, 5) is 7.54. The maximum absolute atomic E-state index is 9.07. The van der Waals surface area contributed by atoms with Crippen molar-refractivity contribution in [3.8, 4) is 11.3 Å². The van der Waals surface area contributed by atoms with E-state index in [1.54, 1.807) is 0 Å². The van der Waals surface area contributed by atoms with Crippen LogP contribution in [-0.2, 0) is 10.8 Å². The Morgan fingerprint density at radius 1 is 1.13 bits per heavy atom. The maximum Gasteiger partial charge on any atom is 0.0964 e. The summed E-state index contributed by atoms with van der Waals surface area (Å²) in [6, 6.07) is 7.14. The Balaban J connectivity index is 1.47. The van der Waals surface area contributed by atoms with Crippen LogP contribution in [0.25, 0.3) is 11.3 Å². The number of piperidine rings is 1. The van der Waals surface area contributed by atoms with Crippen LogP contribution < -0.4 is 5.73 Å². The third-order valence-corrected chi connectivity index (χ3v) is 8.61. The fourth-order valence-corrected chi connectivity index (χ4v) is 6.31. The lowest BCUT2D eigenvalue weighted by atomic mass is 9.63. The van der Waals surface area contributed by atoms with Crippen LogP contribution >= 0.6 is 11.3 Å². The number of hydrogen-bond acceptors (Lipinski definition) is 5. The second-order valence-corrected chi connectivity index (χ2v) is 11.8. The second-order valence-electron chi connectivity index (χ2n) is 10.9. The molecule has 1 aromatic carbocycles. The average molecular weight is 442 g/mol. The van der Waals surface area contributed by atoms with Gasteiger partial charge in [0.15, 0.2) is 0 Å².